The van der Waals surface area contributed by atoms with Crippen LogP contribution < -0.4 is 4.90 Å². The molecular weight excluding hydrogens is 512 g/mol. The number of hydrogen-bond donors (Lipinski definition) is 0. The summed E-state index contributed by atoms with van der Waals surface area (Å²) >= 11 is 6.90. The second-order valence-electron chi connectivity index (χ2n) is 10.3. The second-order valence-corrected chi connectivity index (χ2v) is 10.7. The number of allylic oxidation sites excluding steroid dienone is 4. The smallest absolute Gasteiger partial charge is 0.145 e. The zero-order valence-corrected chi connectivity index (χ0v) is 22.5. The van der Waals surface area contributed by atoms with Gasteiger partial charge in [0.25, 0.3) is 0 Å². The van der Waals surface area contributed by atoms with Crippen molar-refractivity contribution in [3.05, 3.63) is 138 Å². The first-order valence-electron chi connectivity index (χ1n) is 13.6. The van der Waals surface area contributed by atoms with Gasteiger partial charge in [-0.15, -0.1) is 0 Å². The Hall–Kier alpha value is -4.73. The summed E-state index contributed by atoms with van der Waals surface area (Å²) in [5.74, 6) is 0. The van der Waals surface area contributed by atoms with Crippen molar-refractivity contribution in [2.24, 2.45) is 0 Å². The first-order chi connectivity index (χ1) is 19.8. The van der Waals surface area contributed by atoms with Crippen LogP contribution in [0, 0.1) is 0 Å². The number of aromatic nitrogens is 1. The van der Waals surface area contributed by atoms with Gasteiger partial charge < -0.3 is 13.9 Å². The summed E-state index contributed by atoms with van der Waals surface area (Å²) in [6.45, 7) is 0. The first-order valence-corrected chi connectivity index (χ1v) is 14.0. The van der Waals surface area contributed by atoms with E-state index < -0.39 is 0 Å². The third kappa shape index (κ3) is 3.59. The number of benzene rings is 5. The van der Waals surface area contributed by atoms with Crippen LogP contribution in [0.1, 0.15) is 12.8 Å². The molecule has 3 nitrogen and oxygen atoms in total. The Kier molecular flexibility index (Phi) is 5.32. The molecule has 2 aromatic heterocycles. The lowest BCUT2D eigenvalue weighted by molar-refractivity contribution is 0.673. The van der Waals surface area contributed by atoms with Crippen molar-refractivity contribution >= 4 is 66.7 Å². The van der Waals surface area contributed by atoms with Crippen LogP contribution in [-0.2, 0) is 0 Å². The fraction of sp³-hybridized carbons (Fsp3) is 0.0556. The van der Waals surface area contributed by atoms with E-state index in [0.717, 1.165) is 73.6 Å². The Morgan fingerprint density at radius 1 is 0.700 bits per heavy atom. The molecule has 5 aromatic carbocycles. The Morgan fingerprint density at radius 3 is 2.35 bits per heavy atom. The van der Waals surface area contributed by atoms with E-state index in [1.807, 2.05) is 12.1 Å². The molecule has 7 aromatic rings. The molecule has 0 atom stereocenters. The van der Waals surface area contributed by atoms with Crippen molar-refractivity contribution in [2.75, 3.05) is 4.90 Å². The third-order valence-electron chi connectivity index (χ3n) is 7.86. The maximum absolute atomic E-state index is 6.90. The zero-order valence-electron chi connectivity index (χ0n) is 21.7. The molecule has 0 spiro atoms. The number of para-hydroxylation sites is 3. The highest BCUT2D eigenvalue weighted by Gasteiger charge is 2.21. The summed E-state index contributed by atoms with van der Waals surface area (Å²) in [6, 6.07) is 38.1. The van der Waals surface area contributed by atoms with E-state index in [0.29, 0.717) is 5.02 Å². The normalized spacial score (nSPS) is 13.5. The third-order valence-corrected chi connectivity index (χ3v) is 8.08. The Balaban J connectivity index is 1.41. The van der Waals surface area contributed by atoms with Crippen LogP contribution in [0.15, 0.2) is 138 Å². The minimum absolute atomic E-state index is 0.691. The molecule has 0 amide bonds. The molecule has 8 rings (SSSR count). The van der Waals surface area contributed by atoms with Crippen LogP contribution in [0.25, 0.3) is 49.4 Å². The largest absolute Gasteiger partial charge is 0.455 e. The first kappa shape index (κ1) is 23.2. The molecule has 0 saturated carbocycles. The summed E-state index contributed by atoms with van der Waals surface area (Å²) in [4.78, 5) is 2.32. The molecule has 0 unspecified atom stereocenters. The van der Waals surface area contributed by atoms with Crippen molar-refractivity contribution in [1.29, 1.82) is 0 Å². The van der Waals surface area contributed by atoms with Crippen LogP contribution in [-0.4, -0.2) is 4.57 Å². The van der Waals surface area contributed by atoms with Crippen molar-refractivity contribution in [2.45, 2.75) is 12.8 Å². The molecule has 0 radical (unpaired) electrons. The van der Waals surface area contributed by atoms with E-state index in [4.69, 9.17) is 16.0 Å². The van der Waals surface area contributed by atoms with E-state index >= 15 is 0 Å². The minimum Gasteiger partial charge on any atom is -0.455 e. The van der Waals surface area contributed by atoms with E-state index in [1.165, 1.54) is 5.70 Å². The summed E-state index contributed by atoms with van der Waals surface area (Å²) in [5.41, 5.74) is 8.43. The van der Waals surface area contributed by atoms with Crippen molar-refractivity contribution < 1.29 is 4.42 Å². The van der Waals surface area contributed by atoms with E-state index in [1.54, 1.807) is 0 Å². The molecule has 0 fully saturated rings. The van der Waals surface area contributed by atoms with Crippen molar-refractivity contribution in [3.63, 3.8) is 0 Å². The lowest BCUT2D eigenvalue weighted by Crippen LogP contribution is -2.17. The van der Waals surface area contributed by atoms with Crippen molar-refractivity contribution in [3.8, 4) is 5.69 Å². The van der Waals surface area contributed by atoms with Gasteiger partial charge in [0.15, 0.2) is 0 Å². The predicted molar refractivity (Wildman–Crippen MR) is 168 cm³/mol. The van der Waals surface area contributed by atoms with Gasteiger partial charge in [0.1, 0.15) is 11.2 Å². The minimum atomic E-state index is 0.691. The summed E-state index contributed by atoms with van der Waals surface area (Å²) in [6.07, 6.45) is 8.55. The summed E-state index contributed by atoms with van der Waals surface area (Å²) in [5, 5.41) is 5.23. The van der Waals surface area contributed by atoms with Crippen LogP contribution in [0.5, 0.6) is 0 Å². The molecule has 4 heteroatoms. The predicted octanol–water partition coefficient (Wildman–Crippen LogP) is 10.7. The van der Waals surface area contributed by atoms with Crippen LogP contribution in [0.2, 0.25) is 5.02 Å². The number of nitrogens with zero attached hydrogens (tertiary/aromatic N) is 2. The molecular formula is C36H25ClN2O. The van der Waals surface area contributed by atoms with Gasteiger partial charge in [-0.25, -0.2) is 0 Å². The van der Waals surface area contributed by atoms with Gasteiger partial charge in [-0.1, -0.05) is 78.4 Å². The molecule has 0 N–H and O–H groups in total. The average molecular weight is 537 g/mol. The Morgan fingerprint density at radius 2 is 1.50 bits per heavy atom. The van der Waals surface area contributed by atoms with Gasteiger partial charge in [0.05, 0.1) is 16.4 Å². The number of fused-ring (bicyclic) bond motifs is 7. The molecule has 0 saturated heterocycles. The Labute approximate surface area is 236 Å². The number of furan rings is 1. The highest BCUT2D eigenvalue weighted by molar-refractivity contribution is 6.31. The zero-order chi connectivity index (χ0) is 26.6. The molecule has 1 aliphatic rings. The van der Waals surface area contributed by atoms with Gasteiger partial charge in [0.2, 0.25) is 0 Å². The van der Waals surface area contributed by atoms with Crippen LogP contribution in [0.3, 0.4) is 0 Å². The fourth-order valence-electron chi connectivity index (χ4n) is 6.16. The quantitative estimate of drug-likeness (QED) is 0.223. The molecule has 40 heavy (non-hydrogen) atoms. The average Bonchev–Trinajstić information content (AvgIpc) is 3.54. The number of halogens is 1. The van der Waals surface area contributed by atoms with E-state index in [9.17, 15) is 0 Å². The molecule has 0 aliphatic heterocycles. The molecule has 1 aliphatic carbocycles. The lowest BCUT2D eigenvalue weighted by Gasteiger charge is -2.29. The summed E-state index contributed by atoms with van der Waals surface area (Å²) in [7, 11) is 0. The number of hydrogen-bond acceptors (Lipinski definition) is 2. The topological polar surface area (TPSA) is 21.3 Å². The van der Waals surface area contributed by atoms with Crippen molar-refractivity contribution in [1.82, 2.24) is 4.57 Å². The summed E-state index contributed by atoms with van der Waals surface area (Å²) < 4.78 is 8.79. The maximum atomic E-state index is 6.90. The molecule has 192 valence electrons. The highest BCUT2D eigenvalue weighted by Crippen LogP contribution is 2.42. The SMILES string of the molecule is Clc1cc(N(C2=CC=CCC2)c2ccccc2)cc(-n2c3ccccc3c3c4oc5ccccc5c4ccc32)c1. The van der Waals surface area contributed by atoms with E-state index in [-0.39, 0.29) is 0 Å². The maximum Gasteiger partial charge on any atom is 0.145 e. The van der Waals surface area contributed by atoms with Crippen LogP contribution in [0.4, 0.5) is 11.4 Å². The fourth-order valence-corrected chi connectivity index (χ4v) is 6.39. The second kappa shape index (κ2) is 9.18. The monoisotopic (exact) mass is 536 g/mol. The van der Waals surface area contributed by atoms with E-state index in [2.05, 4.69) is 125 Å². The number of rotatable bonds is 4. The molecule has 2 heterocycles. The van der Waals surface area contributed by atoms with Gasteiger partial charge in [-0.3, -0.25) is 0 Å². The van der Waals surface area contributed by atoms with Crippen LogP contribution >= 0.6 is 11.6 Å². The van der Waals surface area contributed by atoms with Gasteiger partial charge in [0, 0.05) is 43.9 Å². The molecule has 0 bridgehead atoms. The highest BCUT2D eigenvalue weighted by atomic mass is 35.5. The number of anilines is 2. The lowest BCUT2D eigenvalue weighted by atomic mass is 10.1. The van der Waals surface area contributed by atoms with Gasteiger partial charge in [-0.05, 0) is 73.5 Å². The van der Waals surface area contributed by atoms with Gasteiger partial charge in [-0.2, -0.15) is 0 Å². The van der Waals surface area contributed by atoms with Gasteiger partial charge >= 0.3 is 0 Å². The Bertz CT molecular complexity index is 2130. The standard InChI is InChI=1S/C36H25ClN2O/c37-24-21-27(38(25-11-3-1-4-12-25)26-13-5-2-6-14-26)23-28(22-24)39-32-17-9-7-16-31(32)35-33(39)20-19-30-29-15-8-10-18-34(29)40-36(30)35/h1-5,7-13,15-23H,6,14H2.